The first kappa shape index (κ1) is 36.2. The number of hydrazine groups is 1. The van der Waals surface area contributed by atoms with Gasteiger partial charge in [0.2, 0.25) is 5.28 Å². The number of fused-ring (bicyclic) bond motifs is 1. The van der Waals surface area contributed by atoms with Gasteiger partial charge in [0, 0.05) is 13.6 Å². The van der Waals surface area contributed by atoms with E-state index in [1.54, 1.807) is 91.0 Å². The number of carbonyl (C=O) groups excluding carboxylic acids is 3. The van der Waals surface area contributed by atoms with Crippen LogP contribution < -0.4 is 5.43 Å². The van der Waals surface area contributed by atoms with Crippen LogP contribution in [-0.4, -0.2) is 80.9 Å². The number of hydrogen-bond donors (Lipinski definition) is 1. The number of ether oxygens (including phenoxy) is 4. The Bertz CT molecular complexity index is 2210. The predicted molar refractivity (Wildman–Crippen MR) is 199 cm³/mol. The lowest BCUT2D eigenvalue weighted by molar-refractivity contribution is -0.0606. The topological polar surface area (TPSA) is 147 Å². The molecule has 0 amide bonds. The van der Waals surface area contributed by atoms with Crippen molar-refractivity contribution in [1.29, 1.82) is 0 Å². The zero-order chi connectivity index (χ0) is 37.4. The Morgan fingerprint density at radius 2 is 1.30 bits per heavy atom. The van der Waals surface area contributed by atoms with Crippen LogP contribution in [0, 0.1) is 0 Å². The lowest BCUT2D eigenvalue weighted by atomic mass is 10.1. The summed E-state index contributed by atoms with van der Waals surface area (Å²) in [5.74, 6) is -1.68. The maximum absolute atomic E-state index is 13.6. The molecule has 274 valence electrons. The number of imidazole rings is 1. The van der Waals surface area contributed by atoms with E-state index in [0.29, 0.717) is 23.4 Å². The van der Waals surface area contributed by atoms with Crippen molar-refractivity contribution >= 4 is 46.5 Å². The van der Waals surface area contributed by atoms with Crippen molar-refractivity contribution in [2.75, 3.05) is 25.6 Å². The average molecular weight is 747 g/mol. The lowest BCUT2D eigenvalue weighted by Gasteiger charge is -2.25. The summed E-state index contributed by atoms with van der Waals surface area (Å²) in [6.07, 6.45) is -2.58. The number of anilines is 1. The Hall–Kier alpha value is -6.15. The second-order valence-electron chi connectivity index (χ2n) is 12.4. The van der Waals surface area contributed by atoms with Gasteiger partial charge in [0.25, 0.3) is 0 Å². The number of hydrogen-bond acceptors (Lipinski definition) is 12. The number of nitrogens with zero attached hydrogens (tertiary/aromatic N) is 5. The van der Waals surface area contributed by atoms with Gasteiger partial charge in [0.1, 0.15) is 12.7 Å². The molecule has 1 fully saturated rings. The maximum atomic E-state index is 13.6. The standard InChI is InChI=1S/C40H35ClN6O7/c1-46(23-22-26-14-6-2-7-15-26)45-34-31-35(44-40(41)43-34)47(25-42-31)36-33(54-39(50)29-20-12-5-13-21-29)32(53-38(49)28-18-10-4-11-19-28)30(52-36)24-51-37(48)27-16-8-3-9-17-27/h2-21,25,30,32-33,36H,22-24H2,1H3,(H,43,44,45)/t30-,32-,33-,36-/m1/s1. The van der Waals surface area contributed by atoms with E-state index in [4.69, 9.17) is 30.5 Å². The molecule has 0 unspecified atom stereocenters. The molecular formula is C40H35ClN6O7. The van der Waals surface area contributed by atoms with Crippen molar-refractivity contribution in [3.05, 3.63) is 155 Å². The summed E-state index contributed by atoms with van der Waals surface area (Å²) in [6.45, 7) is 0.284. The van der Waals surface area contributed by atoms with Gasteiger partial charge in [-0.3, -0.25) is 4.57 Å². The Balaban J connectivity index is 1.23. The molecule has 1 saturated heterocycles. The van der Waals surface area contributed by atoms with Crippen LogP contribution in [0.3, 0.4) is 0 Å². The van der Waals surface area contributed by atoms with Crippen LogP contribution in [0.4, 0.5) is 5.82 Å². The number of carbonyl (C=O) groups is 3. The van der Waals surface area contributed by atoms with Gasteiger partial charge in [-0.05, 0) is 60.0 Å². The van der Waals surface area contributed by atoms with Crippen LogP contribution in [0.2, 0.25) is 5.28 Å². The normalized spacial score (nSPS) is 18.0. The molecule has 14 heteroatoms. The summed E-state index contributed by atoms with van der Waals surface area (Å²) < 4.78 is 25.9. The number of aromatic nitrogens is 4. The van der Waals surface area contributed by atoms with Gasteiger partial charge in [0.15, 0.2) is 35.4 Å². The van der Waals surface area contributed by atoms with Crippen molar-refractivity contribution in [1.82, 2.24) is 24.5 Å². The van der Waals surface area contributed by atoms with Gasteiger partial charge in [-0.2, -0.15) is 9.97 Å². The predicted octanol–water partition coefficient (Wildman–Crippen LogP) is 6.19. The molecule has 3 heterocycles. The molecule has 4 aromatic carbocycles. The van der Waals surface area contributed by atoms with Gasteiger partial charge < -0.3 is 24.4 Å². The van der Waals surface area contributed by atoms with E-state index >= 15 is 0 Å². The molecule has 1 aliphatic heterocycles. The Morgan fingerprint density at radius 1 is 0.759 bits per heavy atom. The number of halogens is 1. The maximum Gasteiger partial charge on any atom is 0.338 e. The molecular weight excluding hydrogens is 712 g/mol. The third kappa shape index (κ3) is 8.39. The van der Waals surface area contributed by atoms with Crippen molar-refractivity contribution in [3.63, 3.8) is 0 Å². The molecule has 0 saturated carbocycles. The molecule has 1 aliphatic rings. The van der Waals surface area contributed by atoms with E-state index in [0.717, 1.165) is 6.42 Å². The van der Waals surface area contributed by atoms with Crippen molar-refractivity contribution in [2.45, 2.75) is 31.0 Å². The van der Waals surface area contributed by atoms with E-state index in [1.165, 1.54) is 16.5 Å². The highest BCUT2D eigenvalue weighted by Gasteiger charge is 2.52. The first-order chi connectivity index (χ1) is 26.3. The number of nitrogens with one attached hydrogen (secondary N) is 1. The van der Waals surface area contributed by atoms with E-state index in [1.807, 2.05) is 30.3 Å². The van der Waals surface area contributed by atoms with Crippen LogP contribution in [0.1, 0.15) is 42.9 Å². The Kier molecular flexibility index (Phi) is 11.2. The second kappa shape index (κ2) is 16.7. The fourth-order valence-electron chi connectivity index (χ4n) is 6.01. The molecule has 0 bridgehead atoms. The molecule has 0 radical (unpaired) electrons. The van der Waals surface area contributed by atoms with Crippen molar-refractivity contribution in [2.24, 2.45) is 0 Å². The minimum absolute atomic E-state index is 0.0839. The van der Waals surface area contributed by atoms with Gasteiger partial charge in [-0.15, -0.1) is 0 Å². The highest BCUT2D eigenvalue weighted by molar-refractivity contribution is 6.28. The molecule has 54 heavy (non-hydrogen) atoms. The highest BCUT2D eigenvalue weighted by atomic mass is 35.5. The van der Waals surface area contributed by atoms with Crippen LogP contribution in [0.25, 0.3) is 11.2 Å². The molecule has 0 aliphatic carbocycles. The van der Waals surface area contributed by atoms with Gasteiger partial charge in [-0.25, -0.2) is 24.4 Å². The number of esters is 3. The van der Waals surface area contributed by atoms with Crippen LogP contribution in [-0.2, 0) is 25.4 Å². The fraction of sp³-hybridized carbons (Fsp3) is 0.200. The second-order valence-corrected chi connectivity index (χ2v) is 12.8. The molecule has 7 rings (SSSR count). The monoisotopic (exact) mass is 746 g/mol. The minimum atomic E-state index is -1.28. The number of benzene rings is 4. The van der Waals surface area contributed by atoms with Crippen LogP contribution in [0.5, 0.6) is 0 Å². The summed E-state index contributed by atoms with van der Waals surface area (Å²) >= 11 is 6.48. The summed E-state index contributed by atoms with van der Waals surface area (Å²) in [4.78, 5) is 53.7. The molecule has 6 aromatic rings. The van der Waals surface area contributed by atoms with E-state index in [2.05, 4.69) is 32.5 Å². The fourth-order valence-corrected chi connectivity index (χ4v) is 6.18. The summed E-state index contributed by atoms with van der Waals surface area (Å²) in [5, 5.41) is 1.77. The highest BCUT2D eigenvalue weighted by Crippen LogP contribution is 2.37. The molecule has 0 spiro atoms. The largest absolute Gasteiger partial charge is 0.459 e. The van der Waals surface area contributed by atoms with E-state index in [9.17, 15) is 14.4 Å². The van der Waals surface area contributed by atoms with Gasteiger partial charge in [-0.1, -0.05) is 84.9 Å². The summed E-state index contributed by atoms with van der Waals surface area (Å²) in [5.41, 5.74) is 5.84. The first-order valence-corrected chi connectivity index (χ1v) is 17.5. The van der Waals surface area contributed by atoms with Crippen molar-refractivity contribution in [3.8, 4) is 0 Å². The minimum Gasteiger partial charge on any atom is -0.459 e. The summed E-state index contributed by atoms with van der Waals surface area (Å²) in [6, 6.07) is 35.2. The third-order valence-corrected chi connectivity index (χ3v) is 8.89. The van der Waals surface area contributed by atoms with Gasteiger partial charge in [0.05, 0.1) is 23.0 Å². The first-order valence-electron chi connectivity index (χ1n) is 17.2. The lowest BCUT2D eigenvalue weighted by Crippen LogP contribution is -2.41. The van der Waals surface area contributed by atoms with Gasteiger partial charge >= 0.3 is 17.9 Å². The molecule has 2 aromatic heterocycles. The molecule has 1 N–H and O–H groups in total. The average Bonchev–Trinajstić information content (AvgIpc) is 3.78. The smallest absolute Gasteiger partial charge is 0.338 e. The quantitative estimate of drug-likeness (QED) is 0.0623. The Morgan fingerprint density at radius 3 is 1.89 bits per heavy atom. The van der Waals surface area contributed by atoms with Crippen molar-refractivity contribution < 1.29 is 33.3 Å². The zero-order valence-electron chi connectivity index (χ0n) is 29.0. The third-order valence-electron chi connectivity index (χ3n) is 8.72. The van der Waals surface area contributed by atoms with E-state index < -0.39 is 42.4 Å². The molecule has 4 atom stereocenters. The number of likely N-dealkylation sites (N-methyl/N-ethyl adjacent to an activating group) is 1. The van der Waals surface area contributed by atoms with E-state index in [-0.39, 0.29) is 28.7 Å². The zero-order valence-corrected chi connectivity index (χ0v) is 29.8. The Labute approximate surface area is 315 Å². The molecule has 13 nitrogen and oxygen atoms in total. The van der Waals surface area contributed by atoms with Crippen LogP contribution in [0.15, 0.2) is 128 Å². The number of rotatable bonds is 13. The van der Waals surface area contributed by atoms with Crippen LogP contribution >= 0.6 is 11.6 Å². The summed E-state index contributed by atoms with van der Waals surface area (Å²) in [7, 11) is 1.87. The SMILES string of the molecule is CN(CCc1ccccc1)Nc1nc(Cl)nc2c1ncn2[C@@H]1O[C@H](COC(=O)c2ccccc2)[C@@H](OC(=O)c2ccccc2)[C@H]1OC(=O)c1ccccc1.